The van der Waals surface area contributed by atoms with Crippen molar-refractivity contribution in [1.29, 1.82) is 0 Å². The molecule has 1 aromatic heterocycles. The third-order valence-corrected chi connectivity index (χ3v) is 5.73. The lowest BCUT2D eigenvalue weighted by molar-refractivity contribution is -0.124. The highest BCUT2D eigenvalue weighted by molar-refractivity contribution is 8.18. The van der Waals surface area contributed by atoms with Crippen molar-refractivity contribution in [3.8, 4) is 0 Å². The van der Waals surface area contributed by atoms with E-state index in [1.165, 1.54) is 42.7 Å². The standard InChI is InChI=1S/C22H16F2N4O4S/c23-14-5-6-17-15(10-14)20(30)27(12-26-17)11-19(29)25-7-8-28-21(31)18(33-22(28)32)9-13-3-1-2-4-16(13)24/h1-6,9-10,12H,7-8,11H2,(H,25,29)/b18-9-. The van der Waals surface area contributed by atoms with Crippen molar-refractivity contribution >= 4 is 45.8 Å². The molecule has 3 amide bonds. The average molecular weight is 470 g/mol. The second-order valence-corrected chi connectivity index (χ2v) is 8.04. The van der Waals surface area contributed by atoms with E-state index >= 15 is 0 Å². The highest BCUT2D eigenvalue weighted by Gasteiger charge is 2.34. The van der Waals surface area contributed by atoms with E-state index in [1.54, 1.807) is 6.07 Å². The van der Waals surface area contributed by atoms with E-state index in [0.717, 1.165) is 15.5 Å². The molecule has 2 heterocycles. The number of amides is 3. The fourth-order valence-electron chi connectivity index (χ4n) is 3.19. The SMILES string of the molecule is O=C(Cn1cnc2ccc(F)cc2c1=O)NCCN1C(=O)S/C(=C\c2ccccc2F)C1=O. The van der Waals surface area contributed by atoms with Crippen LogP contribution in [0.2, 0.25) is 0 Å². The lowest BCUT2D eigenvalue weighted by Gasteiger charge is -2.13. The Morgan fingerprint density at radius 1 is 1.12 bits per heavy atom. The first-order chi connectivity index (χ1) is 15.8. The Kier molecular flexibility index (Phi) is 6.31. The molecule has 33 heavy (non-hydrogen) atoms. The lowest BCUT2D eigenvalue weighted by atomic mass is 10.2. The molecular weight excluding hydrogens is 454 g/mol. The van der Waals surface area contributed by atoms with Gasteiger partial charge in [0.1, 0.15) is 18.2 Å². The van der Waals surface area contributed by atoms with E-state index in [2.05, 4.69) is 10.3 Å². The zero-order chi connectivity index (χ0) is 23.5. The largest absolute Gasteiger partial charge is 0.353 e. The number of benzene rings is 2. The lowest BCUT2D eigenvalue weighted by Crippen LogP contribution is -2.39. The number of imide groups is 1. The van der Waals surface area contributed by atoms with Gasteiger partial charge in [0, 0.05) is 18.7 Å². The Hall–Kier alpha value is -3.86. The molecule has 0 radical (unpaired) electrons. The molecule has 4 rings (SSSR count). The minimum atomic E-state index is -0.593. The van der Waals surface area contributed by atoms with Gasteiger partial charge in [-0.25, -0.2) is 13.8 Å². The molecule has 11 heteroatoms. The number of fused-ring (bicyclic) bond motifs is 1. The fourth-order valence-corrected chi connectivity index (χ4v) is 4.04. The Morgan fingerprint density at radius 2 is 1.91 bits per heavy atom. The van der Waals surface area contributed by atoms with Crippen LogP contribution in [0.1, 0.15) is 5.56 Å². The average Bonchev–Trinajstić information content (AvgIpc) is 3.05. The van der Waals surface area contributed by atoms with Crippen LogP contribution in [0.4, 0.5) is 13.6 Å². The number of rotatable bonds is 6. The zero-order valence-electron chi connectivity index (χ0n) is 17.0. The van der Waals surface area contributed by atoms with Gasteiger partial charge in [0.25, 0.3) is 16.7 Å². The highest BCUT2D eigenvalue weighted by atomic mass is 32.2. The van der Waals surface area contributed by atoms with Crippen LogP contribution >= 0.6 is 11.8 Å². The molecule has 3 aromatic rings. The summed E-state index contributed by atoms with van der Waals surface area (Å²) in [5.41, 5.74) is -0.0784. The Balaban J connectivity index is 1.36. The molecule has 0 saturated carbocycles. The van der Waals surface area contributed by atoms with Gasteiger partial charge in [-0.2, -0.15) is 0 Å². The van der Waals surface area contributed by atoms with Gasteiger partial charge in [0.15, 0.2) is 0 Å². The van der Waals surface area contributed by atoms with Crippen LogP contribution in [-0.2, 0) is 16.1 Å². The molecule has 2 aromatic carbocycles. The van der Waals surface area contributed by atoms with E-state index in [0.29, 0.717) is 17.3 Å². The molecule has 0 aliphatic carbocycles. The van der Waals surface area contributed by atoms with E-state index in [1.807, 2.05) is 0 Å². The first-order valence-electron chi connectivity index (χ1n) is 9.75. The number of carbonyl (C=O) groups excluding carboxylic acids is 3. The van der Waals surface area contributed by atoms with E-state index in [-0.39, 0.29) is 35.5 Å². The predicted octanol–water partition coefficient (Wildman–Crippen LogP) is 2.53. The maximum atomic E-state index is 13.8. The second-order valence-electron chi connectivity index (χ2n) is 7.04. The van der Waals surface area contributed by atoms with Crippen molar-refractivity contribution in [2.24, 2.45) is 0 Å². The number of hydrogen-bond acceptors (Lipinski definition) is 6. The first-order valence-corrected chi connectivity index (χ1v) is 10.6. The summed E-state index contributed by atoms with van der Waals surface area (Å²) in [6.07, 6.45) is 2.49. The number of aromatic nitrogens is 2. The molecule has 1 saturated heterocycles. The molecule has 8 nitrogen and oxygen atoms in total. The van der Waals surface area contributed by atoms with Gasteiger partial charge in [-0.15, -0.1) is 0 Å². The van der Waals surface area contributed by atoms with Crippen molar-refractivity contribution in [3.05, 3.63) is 81.2 Å². The Labute approximate surface area is 189 Å². The third kappa shape index (κ3) is 4.82. The minimum absolute atomic E-state index is 0.0461. The molecule has 0 bridgehead atoms. The summed E-state index contributed by atoms with van der Waals surface area (Å²) in [6, 6.07) is 9.46. The quantitative estimate of drug-likeness (QED) is 0.556. The second kappa shape index (κ2) is 9.33. The maximum absolute atomic E-state index is 13.8. The van der Waals surface area contributed by atoms with Gasteiger partial charge in [-0.3, -0.25) is 28.6 Å². The molecule has 1 N–H and O–H groups in total. The molecule has 1 aliphatic rings. The minimum Gasteiger partial charge on any atom is -0.353 e. The number of halogens is 2. The third-order valence-electron chi connectivity index (χ3n) is 4.82. The smallest absolute Gasteiger partial charge is 0.293 e. The molecule has 1 aliphatic heterocycles. The first kappa shape index (κ1) is 22.3. The summed E-state index contributed by atoms with van der Waals surface area (Å²) >= 11 is 0.686. The van der Waals surface area contributed by atoms with E-state index < -0.39 is 34.2 Å². The number of carbonyl (C=O) groups is 3. The van der Waals surface area contributed by atoms with Crippen LogP contribution in [0.3, 0.4) is 0 Å². The summed E-state index contributed by atoms with van der Waals surface area (Å²) in [5.74, 6) is -2.24. The molecular formula is C22H16F2N4O4S. The molecule has 1 fully saturated rings. The van der Waals surface area contributed by atoms with Crippen LogP contribution < -0.4 is 10.9 Å². The molecule has 168 valence electrons. The van der Waals surface area contributed by atoms with Crippen LogP contribution in [-0.4, -0.2) is 44.6 Å². The maximum Gasteiger partial charge on any atom is 0.293 e. The van der Waals surface area contributed by atoms with Crippen molar-refractivity contribution in [3.63, 3.8) is 0 Å². The Bertz CT molecular complexity index is 1370. The van der Waals surface area contributed by atoms with Crippen molar-refractivity contribution < 1.29 is 23.2 Å². The van der Waals surface area contributed by atoms with Gasteiger partial charge in [-0.1, -0.05) is 18.2 Å². The van der Waals surface area contributed by atoms with E-state index in [9.17, 15) is 28.0 Å². The van der Waals surface area contributed by atoms with Gasteiger partial charge >= 0.3 is 0 Å². The van der Waals surface area contributed by atoms with Crippen molar-refractivity contribution in [2.45, 2.75) is 6.54 Å². The fraction of sp³-hybridized carbons (Fsp3) is 0.136. The molecule has 0 unspecified atom stereocenters. The van der Waals surface area contributed by atoms with Crippen LogP contribution in [0.15, 0.2) is 58.5 Å². The summed E-state index contributed by atoms with van der Waals surface area (Å²) in [6.45, 7) is -0.511. The zero-order valence-corrected chi connectivity index (χ0v) is 17.8. The van der Waals surface area contributed by atoms with E-state index in [4.69, 9.17) is 0 Å². The number of hydrogen-bond donors (Lipinski definition) is 1. The van der Waals surface area contributed by atoms with Gasteiger partial charge in [0.2, 0.25) is 5.91 Å². The molecule has 0 spiro atoms. The summed E-state index contributed by atoms with van der Waals surface area (Å²) in [7, 11) is 0. The normalized spacial score (nSPS) is 15.0. The summed E-state index contributed by atoms with van der Waals surface area (Å²) in [5, 5.41) is 2.04. The topological polar surface area (TPSA) is 101 Å². The van der Waals surface area contributed by atoms with Crippen molar-refractivity contribution in [2.75, 3.05) is 13.1 Å². The highest BCUT2D eigenvalue weighted by Crippen LogP contribution is 2.32. The summed E-state index contributed by atoms with van der Waals surface area (Å²) < 4.78 is 28.3. The number of nitrogens with zero attached hydrogens (tertiary/aromatic N) is 3. The van der Waals surface area contributed by atoms with Crippen LogP contribution in [0, 0.1) is 11.6 Å². The van der Waals surface area contributed by atoms with Gasteiger partial charge in [-0.05, 0) is 42.1 Å². The number of nitrogens with one attached hydrogen (secondary N) is 1. The Morgan fingerprint density at radius 3 is 2.70 bits per heavy atom. The predicted molar refractivity (Wildman–Crippen MR) is 118 cm³/mol. The van der Waals surface area contributed by atoms with Gasteiger partial charge < -0.3 is 5.32 Å². The van der Waals surface area contributed by atoms with Crippen LogP contribution in [0.25, 0.3) is 17.0 Å². The number of thioether (sulfide) groups is 1. The molecule has 0 atom stereocenters. The van der Waals surface area contributed by atoms with Crippen LogP contribution in [0.5, 0.6) is 0 Å². The summed E-state index contributed by atoms with van der Waals surface area (Å²) in [4.78, 5) is 54.4. The van der Waals surface area contributed by atoms with Crippen molar-refractivity contribution in [1.82, 2.24) is 19.8 Å². The monoisotopic (exact) mass is 470 g/mol. The van der Waals surface area contributed by atoms with Gasteiger partial charge in [0.05, 0.1) is 22.1 Å².